The molecule has 0 amide bonds. The molecule has 1 nitrogen and oxygen atoms in total. The molecule has 2 N–H and O–H groups in total. The molecule has 0 saturated heterocycles. The molecule has 0 aliphatic carbocycles. The van der Waals surface area contributed by atoms with E-state index in [0.29, 0.717) is 11.8 Å². The van der Waals surface area contributed by atoms with Crippen molar-refractivity contribution in [1.29, 1.82) is 0 Å². The van der Waals surface area contributed by atoms with Gasteiger partial charge in [-0.05, 0) is 12.3 Å². The lowest BCUT2D eigenvalue weighted by Gasteiger charge is -2.08. The molecule has 0 spiro atoms. The fourth-order valence-corrected chi connectivity index (χ4v) is 1.06. The molecule has 0 aromatic heterocycles. The van der Waals surface area contributed by atoms with E-state index in [1.54, 1.807) is 0 Å². The van der Waals surface area contributed by atoms with Crippen LogP contribution in [0.15, 0.2) is 0 Å². The molecule has 0 heterocycles. The van der Waals surface area contributed by atoms with Crippen LogP contribution >= 0.6 is 12.6 Å². The summed E-state index contributed by atoms with van der Waals surface area (Å²) in [4.78, 5) is 0. The Morgan fingerprint density at radius 1 is 1.50 bits per heavy atom. The fourth-order valence-electron chi connectivity index (χ4n) is 0.640. The predicted octanol–water partition coefficient (Wildman–Crippen LogP) is 1.29. The first-order valence-electron chi connectivity index (χ1n) is 3.05. The van der Waals surface area contributed by atoms with Crippen molar-refractivity contribution in [3.8, 4) is 0 Å². The molecule has 1 atom stereocenters. The van der Waals surface area contributed by atoms with E-state index in [1.807, 2.05) is 0 Å². The average molecular weight is 133 g/mol. The number of hydrogen-bond donors (Lipinski definition) is 2. The lowest BCUT2D eigenvalue weighted by molar-refractivity contribution is 0.573. The first kappa shape index (κ1) is 8.31. The number of hydrogen-bond acceptors (Lipinski definition) is 2. The van der Waals surface area contributed by atoms with Crippen LogP contribution in [-0.4, -0.2) is 11.8 Å². The van der Waals surface area contributed by atoms with Gasteiger partial charge in [0.1, 0.15) is 0 Å². The second-order valence-corrected chi connectivity index (χ2v) is 3.25. The Hall–Kier alpha value is 0.310. The van der Waals surface area contributed by atoms with Gasteiger partial charge >= 0.3 is 0 Å². The normalized spacial score (nSPS) is 14.6. The van der Waals surface area contributed by atoms with Crippen molar-refractivity contribution in [3.05, 3.63) is 0 Å². The summed E-state index contributed by atoms with van der Waals surface area (Å²) in [6.07, 6.45) is 1.12. The maximum absolute atomic E-state index is 5.34. The summed E-state index contributed by atoms with van der Waals surface area (Å²) in [6.45, 7) is 5.05. The van der Waals surface area contributed by atoms with E-state index < -0.39 is 0 Å². The summed E-state index contributed by atoms with van der Waals surface area (Å²) in [5, 5.41) is 0.398. The summed E-state index contributed by atoms with van der Waals surface area (Å²) in [5.41, 5.74) is 5.34. The maximum Gasteiger partial charge on any atom is 0.0142 e. The predicted molar refractivity (Wildman–Crippen MR) is 41.3 cm³/mol. The van der Waals surface area contributed by atoms with Crippen LogP contribution in [0.4, 0.5) is 0 Å². The number of thiol groups is 1. The second-order valence-electron chi connectivity index (χ2n) is 2.52. The minimum Gasteiger partial charge on any atom is -0.329 e. The van der Waals surface area contributed by atoms with Crippen molar-refractivity contribution in [2.45, 2.75) is 25.5 Å². The third-order valence-corrected chi connectivity index (χ3v) is 1.44. The minimum absolute atomic E-state index is 0.398. The van der Waals surface area contributed by atoms with Crippen molar-refractivity contribution in [2.24, 2.45) is 11.7 Å². The van der Waals surface area contributed by atoms with Gasteiger partial charge in [0.15, 0.2) is 0 Å². The Kier molecular flexibility index (Phi) is 4.38. The first-order valence-corrected chi connectivity index (χ1v) is 3.56. The molecule has 50 valence electrons. The smallest absolute Gasteiger partial charge is 0.0142 e. The fraction of sp³-hybridized carbons (Fsp3) is 1.00. The van der Waals surface area contributed by atoms with E-state index in [0.717, 1.165) is 12.3 Å². The summed E-state index contributed by atoms with van der Waals surface area (Å²) >= 11 is 4.24. The zero-order valence-electron chi connectivity index (χ0n) is 5.59. The highest BCUT2D eigenvalue weighted by Gasteiger charge is 2.01. The third kappa shape index (κ3) is 4.47. The van der Waals surface area contributed by atoms with Crippen LogP contribution in [0.25, 0.3) is 0 Å². The molecule has 2 heteroatoms. The highest BCUT2D eigenvalue weighted by molar-refractivity contribution is 7.81. The topological polar surface area (TPSA) is 26.0 Å². The standard InChI is InChI=1S/C6H15NS/c1-5(2)3-6(8)4-7/h5-6,8H,3-4,7H2,1-2H3/t6-/m0/s1. The summed E-state index contributed by atoms with van der Waals surface area (Å²) in [6, 6.07) is 0. The van der Waals surface area contributed by atoms with Crippen molar-refractivity contribution in [2.75, 3.05) is 6.54 Å². The van der Waals surface area contributed by atoms with Gasteiger partial charge in [-0.15, -0.1) is 0 Å². The van der Waals surface area contributed by atoms with E-state index in [9.17, 15) is 0 Å². The van der Waals surface area contributed by atoms with E-state index in [-0.39, 0.29) is 0 Å². The van der Waals surface area contributed by atoms with E-state index in [2.05, 4.69) is 26.5 Å². The van der Waals surface area contributed by atoms with Crippen LogP contribution in [0.2, 0.25) is 0 Å². The Bertz CT molecular complexity index is 54.5. The first-order chi connectivity index (χ1) is 3.66. The molecule has 8 heavy (non-hydrogen) atoms. The SMILES string of the molecule is CC(C)C[C@H](S)CN. The molecule has 0 unspecified atom stereocenters. The van der Waals surface area contributed by atoms with E-state index in [4.69, 9.17) is 5.73 Å². The zero-order valence-corrected chi connectivity index (χ0v) is 6.49. The highest BCUT2D eigenvalue weighted by Crippen LogP contribution is 2.07. The van der Waals surface area contributed by atoms with Crippen molar-refractivity contribution in [1.82, 2.24) is 0 Å². The molecule has 0 aliphatic rings. The van der Waals surface area contributed by atoms with Gasteiger partial charge in [-0.2, -0.15) is 12.6 Å². The summed E-state index contributed by atoms with van der Waals surface area (Å²) in [7, 11) is 0. The second kappa shape index (κ2) is 4.21. The van der Waals surface area contributed by atoms with E-state index >= 15 is 0 Å². The van der Waals surface area contributed by atoms with Gasteiger partial charge in [0.2, 0.25) is 0 Å². The van der Waals surface area contributed by atoms with E-state index in [1.165, 1.54) is 0 Å². The van der Waals surface area contributed by atoms with Crippen LogP contribution in [0.3, 0.4) is 0 Å². The molecule has 0 rings (SSSR count). The van der Waals surface area contributed by atoms with Crippen LogP contribution in [-0.2, 0) is 0 Å². The molecule has 0 fully saturated rings. The summed E-state index contributed by atoms with van der Waals surface area (Å²) < 4.78 is 0. The van der Waals surface area contributed by atoms with Crippen molar-refractivity contribution < 1.29 is 0 Å². The lowest BCUT2D eigenvalue weighted by Crippen LogP contribution is -2.15. The average Bonchev–Trinajstić information content (AvgIpc) is 1.65. The van der Waals surface area contributed by atoms with Crippen LogP contribution in [0, 0.1) is 5.92 Å². The number of nitrogens with two attached hydrogens (primary N) is 1. The van der Waals surface area contributed by atoms with Gasteiger partial charge in [-0.3, -0.25) is 0 Å². The maximum atomic E-state index is 5.34. The Morgan fingerprint density at radius 2 is 2.00 bits per heavy atom. The van der Waals surface area contributed by atoms with Gasteiger partial charge in [-0.25, -0.2) is 0 Å². The largest absolute Gasteiger partial charge is 0.329 e. The Labute approximate surface area is 57.1 Å². The molecule has 0 saturated carbocycles. The summed E-state index contributed by atoms with van der Waals surface area (Å²) in [5.74, 6) is 0.723. The monoisotopic (exact) mass is 133 g/mol. The molecule has 0 bridgehead atoms. The molecular weight excluding hydrogens is 118 g/mol. The van der Waals surface area contributed by atoms with Gasteiger partial charge < -0.3 is 5.73 Å². The molecule has 0 aliphatic heterocycles. The quantitative estimate of drug-likeness (QED) is 0.557. The number of rotatable bonds is 3. The Balaban J connectivity index is 3.10. The molecule has 0 aromatic carbocycles. The van der Waals surface area contributed by atoms with Gasteiger partial charge in [0.05, 0.1) is 0 Å². The van der Waals surface area contributed by atoms with Gasteiger partial charge in [-0.1, -0.05) is 13.8 Å². The van der Waals surface area contributed by atoms with Gasteiger partial charge in [0.25, 0.3) is 0 Å². The molecule has 0 radical (unpaired) electrons. The van der Waals surface area contributed by atoms with Crippen molar-refractivity contribution in [3.63, 3.8) is 0 Å². The van der Waals surface area contributed by atoms with Crippen molar-refractivity contribution >= 4 is 12.6 Å². The van der Waals surface area contributed by atoms with Crippen LogP contribution < -0.4 is 5.73 Å². The lowest BCUT2D eigenvalue weighted by atomic mass is 10.1. The van der Waals surface area contributed by atoms with Gasteiger partial charge in [0, 0.05) is 11.8 Å². The Morgan fingerprint density at radius 3 is 2.12 bits per heavy atom. The third-order valence-electron chi connectivity index (χ3n) is 1.02. The zero-order chi connectivity index (χ0) is 6.57. The molecular formula is C6H15NS. The highest BCUT2D eigenvalue weighted by atomic mass is 32.1. The van der Waals surface area contributed by atoms with Crippen LogP contribution in [0.1, 0.15) is 20.3 Å². The molecule has 0 aromatic rings. The minimum atomic E-state index is 0.398. The van der Waals surface area contributed by atoms with Crippen LogP contribution in [0.5, 0.6) is 0 Å².